The zero-order valence-electron chi connectivity index (χ0n) is 14.3. The number of fused-ring (bicyclic) bond motifs is 2. The van der Waals surface area contributed by atoms with Crippen LogP contribution < -0.4 is 5.32 Å². The van der Waals surface area contributed by atoms with Crippen LogP contribution in [0.4, 0.5) is 10.5 Å². The lowest BCUT2D eigenvalue weighted by molar-refractivity contribution is 0.0173. The number of pyridine rings is 1. The predicted molar refractivity (Wildman–Crippen MR) is 98.5 cm³/mol. The number of rotatable bonds is 3. The zero-order valence-corrected chi connectivity index (χ0v) is 14.3. The Morgan fingerprint density at radius 3 is 2.60 bits per heavy atom. The SMILES string of the molecule is O=C(Nc1ccc(C2CC2)c(-c2ccccn2)c1)N1C2CCCC1C2. The summed E-state index contributed by atoms with van der Waals surface area (Å²) in [6.45, 7) is 0. The largest absolute Gasteiger partial charge is 0.322 e. The van der Waals surface area contributed by atoms with Gasteiger partial charge in [0.05, 0.1) is 5.69 Å². The van der Waals surface area contributed by atoms with Crippen LogP contribution in [0.5, 0.6) is 0 Å². The first-order valence-corrected chi connectivity index (χ1v) is 9.44. The molecule has 5 rings (SSSR count). The summed E-state index contributed by atoms with van der Waals surface area (Å²) >= 11 is 0. The Hall–Kier alpha value is -2.36. The van der Waals surface area contributed by atoms with E-state index < -0.39 is 0 Å². The molecule has 2 bridgehead atoms. The number of hydrogen-bond acceptors (Lipinski definition) is 2. The van der Waals surface area contributed by atoms with Crippen LogP contribution >= 0.6 is 0 Å². The first-order chi connectivity index (χ1) is 12.3. The van der Waals surface area contributed by atoms with Gasteiger partial charge < -0.3 is 10.2 Å². The van der Waals surface area contributed by atoms with Crippen molar-refractivity contribution in [1.29, 1.82) is 0 Å². The monoisotopic (exact) mass is 333 g/mol. The van der Waals surface area contributed by atoms with Gasteiger partial charge in [-0.05, 0) is 74.3 Å². The molecule has 128 valence electrons. The molecule has 1 saturated carbocycles. The van der Waals surface area contributed by atoms with Crippen molar-refractivity contribution in [3.05, 3.63) is 48.2 Å². The number of amides is 2. The van der Waals surface area contributed by atoms with Crippen molar-refractivity contribution >= 4 is 11.7 Å². The van der Waals surface area contributed by atoms with Gasteiger partial charge in [0.1, 0.15) is 0 Å². The molecule has 1 aromatic heterocycles. The lowest BCUT2D eigenvalue weighted by Gasteiger charge is -2.52. The van der Waals surface area contributed by atoms with Crippen LogP contribution in [-0.4, -0.2) is 28.0 Å². The van der Waals surface area contributed by atoms with Gasteiger partial charge in [0.2, 0.25) is 0 Å². The van der Waals surface area contributed by atoms with Crippen molar-refractivity contribution in [2.24, 2.45) is 0 Å². The first-order valence-electron chi connectivity index (χ1n) is 9.44. The number of nitrogens with one attached hydrogen (secondary N) is 1. The molecule has 4 nitrogen and oxygen atoms in total. The summed E-state index contributed by atoms with van der Waals surface area (Å²) < 4.78 is 0. The Kier molecular flexibility index (Phi) is 3.51. The highest BCUT2D eigenvalue weighted by molar-refractivity contribution is 5.91. The number of urea groups is 1. The number of nitrogens with zero attached hydrogens (tertiary/aromatic N) is 2. The molecule has 2 saturated heterocycles. The average Bonchev–Trinajstić information content (AvgIpc) is 3.48. The van der Waals surface area contributed by atoms with Crippen LogP contribution in [0.3, 0.4) is 0 Å². The number of anilines is 1. The Morgan fingerprint density at radius 1 is 1.08 bits per heavy atom. The lowest BCUT2D eigenvalue weighted by Crippen LogP contribution is -2.62. The van der Waals surface area contributed by atoms with Crippen molar-refractivity contribution in [2.45, 2.75) is 56.5 Å². The van der Waals surface area contributed by atoms with E-state index in [1.54, 1.807) is 0 Å². The number of benzene rings is 1. The molecular formula is C21H23N3O. The second kappa shape index (κ2) is 5.87. The number of carbonyl (C=O) groups is 1. The smallest absolute Gasteiger partial charge is 0.318 e. The fraction of sp³-hybridized carbons (Fsp3) is 0.429. The van der Waals surface area contributed by atoms with Crippen molar-refractivity contribution in [2.75, 3.05) is 5.32 Å². The van der Waals surface area contributed by atoms with E-state index in [4.69, 9.17) is 0 Å². The molecule has 1 aliphatic carbocycles. The maximum Gasteiger partial charge on any atom is 0.322 e. The van der Waals surface area contributed by atoms with E-state index in [0.717, 1.165) is 29.8 Å². The van der Waals surface area contributed by atoms with E-state index in [1.807, 2.05) is 30.5 Å². The molecule has 25 heavy (non-hydrogen) atoms. The standard InChI is InChI=1S/C21H23N3O/c25-21(24-16-4-3-5-17(24)13-16)23-15-9-10-18(14-7-8-14)19(12-15)20-6-1-2-11-22-20/h1-2,6,9-12,14,16-17H,3-5,7-8,13H2,(H,23,25). The van der Waals surface area contributed by atoms with Gasteiger partial charge in [-0.15, -0.1) is 0 Å². The van der Waals surface area contributed by atoms with E-state index in [0.29, 0.717) is 18.0 Å². The highest BCUT2D eigenvalue weighted by atomic mass is 16.2. The summed E-state index contributed by atoms with van der Waals surface area (Å²) in [6, 6.07) is 13.3. The molecule has 0 spiro atoms. The van der Waals surface area contributed by atoms with Gasteiger partial charge in [-0.3, -0.25) is 4.98 Å². The third-order valence-electron chi connectivity index (χ3n) is 5.90. The maximum atomic E-state index is 12.7. The molecule has 4 heteroatoms. The van der Waals surface area contributed by atoms with Crippen LogP contribution in [0.25, 0.3) is 11.3 Å². The maximum absolute atomic E-state index is 12.7. The molecule has 3 fully saturated rings. The molecule has 3 aliphatic rings. The van der Waals surface area contributed by atoms with Crippen LogP contribution in [0.1, 0.15) is 50.0 Å². The summed E-state index contributed by atoms with van der Waals surface area (Å²) in [5.41, 5.74) is 4.38. The van der Waals surface area contributed by atoms with Gasteiger partial charge in [-0.1, -0.05) is 12.1 Å². The molecule has 2 unspecified atom stereocenters. The minimum Gasteiger partial charge on any atom is -0.318 e. The van der Waals surface area contributed by atoms with Crippen molar-refractivity contribution in [3.63, 3.8) is 0 Å². The van der Waals surface area contributed by atoms with Crippen LogP contribution in [0.15, 0.2) is 42.6 Å². The molecule has 2 aromatic rings. The van der Waals surface area contributed by atoms with Crippen LogP contribution in [-0.2, 0) is 0 Å². The molecule has 1 aromatic carbocycles. The lowest BCUT2D eigenvalue weighted by atomic mass is 9.80. The van der Waals surface area contributed by atoms with E-state index in [-0.39, 0.29) is 6.03 Å². The summed E-state index contributed by atoms with van der Waals surface area (Å²) in [7, 11) is 0. The summed E-state index contributed by atoms with van der Waals surface area (Å²) in [4.78, 5) is 19.3. The molecule has 2 aliphatic heterocycles. The average molecular weight is 333 g/mol. The molecule has 0 radical (unpaired) electrons. The molecule has 1 N–H and O–H groups in total. The Morgan fingerprint density at radius 2 is 1.92 bits per heavy atom. The van der Waals surface area contributed by atoms with E-state index >= 15 is 0 Å². The fourth-order valence-electron chi connectivity index (χ4n) is 4.45. The number of piperidine rings is 1. The topological polar surface area (TPSA) is 45.2 Å². The Balaban J connectivity index is 1.41. The van der Waals surface area contributed by atoms with Crippen LogP contribution in [0, 0.1) is 0 Å². The molecule has 2 atom stereocenters. The molecular weight excluding hydrogens is 310 g/mol. The van der Waals surface area contributed by atoms with Gasteiger partial charge in [-0.25, -0.2) is 4.79 Å². The molecule has 2 amide bonds. The summed E-state index contributed by atoms with van der Waals surface area (Å²) in [5.74, 6) is 0.650. The minimum atomic E-state index is 0.0621. The van der Waals surface area contributed by atoms with Gasteiger partial charge in [0.25, 0.3) is 0 Å². The van der Waals surface area contributed by atoms with E-state index in [9.17, 15) is 4.79 Å². The number of aromatic nitrogens is 1. The van der Waals surface area contributed by atoms with Gasteiger partial charge in [-0.2, -0.15) is 0 Å². The van der Waals surface area contributed by atoms with E-state index in [2.05, 4.69) is 27.3 Å². The fourth-order valence-corrected chi connectivity index (χ4v) is 4.45. The number of carbonyl (C=O) groups excluding carboxylic acids is 1. The molecule has 3 heterocycles. The van der Waals surface area contributed by atoms with E-state index in [1.165, 1.54) is 31.2 Å². The third-order valence-corrected chi connectivity index (χ3v) is 5.90. The first kappa shape index (κ1) is 14.9. The quantitative estimate of drug-likeness (QED) is 0.878. The van der Waals surface area contributed by atoms with Gasteiger partial charge >= 0.3 is 6.03 Å². The minimum absolute atomic E-state index is 0.0621. The second-order valence-electron chi connectivity index (χ2n) is 7.60. The van der Waals surface area contributed by atoms with Crippen molar-refractivity contribution in [3.8, 4) is 11.3 Å². The zero-order chi connectivity index (χ0) is 16.8. The van der Waals surface area contributed by atoms with Crippen molar-refractivity contribution in [1.82, 2.24) is 9.88 Å². The summed E-state index contributed by atoms with van der Waals surface area (Å²) in [5, 5.41) is 3.13. The second-order valence-corrected chi connectivity index (χ2v) is 7.60. The highest BCUT2D eigenvalue weighted by Crippen LogP contribution is 2.45. The van der Waals surface area contributed by atoms with Crippen molar-refractivity contribution < 1.29 is 4.79 Å². The van der Waals surface area contributed by atoms with Gasteiger partial charge in [0, 0.05) is 29.5 Å². The third kappa shape index (κ3) is 2.70. The number of hydrogen-bond donors (Lipinski definition) is 1. The highest BCUT2D eigenvalue weighted by Gasteiger charge is 2.44. The Bertz CT molecular complexity index is 786. The van der Waals surface area contributed by atoms with Gasteiger partial charge in [0.15, 0.2) is 0 Å². The Labute approximate surface area is 148 Å². The predicted octanol–water partition coefficient (Wildman–Crippen LogP) is 4.78. The summed E-state index contributed by atoms with van der Waals surface area (Å²) in [6.07, 6.45) is 9.10. The normalized spacial score (nSPS) is 24.6. The van der Waals surface area contributed by atoms with Crippen LogP contribution in [0.2, 0.25) is 0 Å².